The molecule has 1 saturated carbocycles. The van der Waals surface area contributed by atoms with Crippen molar-refractivity contribution in [1.29, 1.82) is 0 Å². The fraction of sp³-hybridized carbons (Fsp3) is 1.00. The number of hydrogen-bond acceptors (Lipinski definition) is 3. The Balaban J connectivity index is 1.74. The Labute approximate surface area is 105 Å². The number of rotatable bonds is 3. The van der Waals surface area contributed by atoms with Crippen LogP contribution in [0.3, 0.4) is 0 Å². The van der Waals surface area contributed by atoms with E-state index in [1.807, 2.05) is 0 Å². The van der Waals surface area contributed by atoms with Crippen LogP contribution >= 0.6 is 0 Å². The SMILES string of the molecule is CC1CC(NC2CCC(CO)CC2)CC(C)O1. The highest BCUT2D eigenvalue weighted by atomic mass is 16.5. The van der Waals surface area contributed by atoms with Gasteiger partial charge in [0.05, 0.1) is 12.2 Å². The van der Waals surface area contributed by atoms with Crippen LogP contribution in [0.1, 0.15) is 52.4 Å². The molecule has 1 aliphatic carbocycles. The molecule has 1 aliphatic heterocycles. The van der Waals surface area contributed by atoms with Gasteiger partial charge in [-0.15, -0.1) is 0 Å². The van der Waals surface area contributed by atoms with Gasteiger partial charge in [0.1, 0.15) is 0 Å². The van der Waals surface area contributed by atoms with Crippen LogP contribution in [0.5, 0.6) is 0 Å². The Morgan fingerprint density at radius 2 is 1.59 bits per heavy atom. The van der Waals surface area contributed by atoms with Gasteiger partial charge in [-0.1, -0.05) is 0 Å². The van der Waals surface area contributed by atoms with Gasteiger partial charge in [-0.2, -0.15) is 0 Å². The van der Waals surface area contributed by atoms with Crippen molar-refractivity contribution in [2.75, 3.05) is 6.61 Å². The lowest BCUT2D eigenvalue weighted by Gasteiger charge is -2.37. The number of ether oxygens (including phenoxy) is 1. The van der Waals surface area contributed by atoms with Crippen molar-refractivity contribution in [3.63, 3.8) is 0 Å². The molecule has 3 heteroatoms. The average molecular weight is 241 g/mol. The molecule has 1 heterocycles. The van der Waals surface area contributed by atoms with E-state index < -0.39 is 0 Å². The van der Waals surface area contributed by atoms with Crippen LogP contribution in [0.4, 0.5) is 0 Å². The smallest absolute Gasteiger partial charge is 0.0565 e. The zero-order valence-electron chi connectivity index (χ0n) is 11.2. The van der Waals surface area contributed by atoms with Crippen LogP contribution in [-0.2, 0) is 4.74 Å². The number of aliphatic hydroxyl groups is 1. The van der Waals surface area contributed by atoms with Gasteiger partial charge in [0.15, 0.2) is 0 Å². The molecular weight excluding hydrogens is 214 g/mol. The first-order valence-corrected chi connectivity index (χ1v) is 7.19. The maximum Gasteiger partial charge on any atom is 0.0565 e. The molecule has 2 unspecified atom stereocenters. The summed E-state index contributed by atoms with van der Waals surface area (Å²) in [5.74, 6) is 0.556. The molecule has 100 valence electrons. The van der Waals surface area contributed by atoms with Crippen LogP contribution < -0.4 is 5.32 Å². The van der Waals surface area contributed by atoms with Crippen molar-refractivity contribution >= 4 is 0 Å². The number of hydrogen-bond donors (Lipinski definition) is 2. The molecular formula is C14H27NO2. The lowest BCUT2D eigenvalue weighted by molar-refractivity contribution is -0.0444. The van der Waals surface area contributed by atoms with Gasteiger partial charge in [-0.25, -0.2) is 0 Å². The van der Waals surface area contributed by atoms with E-state index in [1.165, 1.54) is 25.7 Å². The molecule has 2 rings (SSSR count). The van der Waals surface area contributed by atoms with Gasteiger partial charge in [-0.3, -0.25) is 0 Å². The highest BCUT2D eigenvalue weighted by Crippen LogP contribution is 2.26. The monoisotopic (exact) mass is 241 g/mol. The predicted octanol–water partition coefficient (Wildman–Crippen LogP) is 2.08. The average Bonchev–Trinajstić information content (AvgIpc) is 2.28. The number of aliphatic hydroxyl groups excluding tert-OH is 1. The lowest BCUT2D eigenvalue weighted by atomic mass is 9.85. The normalized spacial score (nSPS) is 43.6. The van der Waals surface area contributed by atoms with Crippen molar-refractivity contribution in [2.24, 2.45) is 5.92 Å². The quantitative estimate of drug-likeness (QED) is 0.795. The summed E-state index contributed by atoms with van der Waals surface area (Å²) in [6, 6.07) is 1.30. The molecule has 0 aromatic heterocycles. The third-order valence-electron chi connectivity index (χ3n) is 4.27. The standard InChI is InChI=1S/C14H27NO2/c1-10-7-14(8-11(2)17-10)15-13-5-3-12(9-16)4-6-13/h10-16H,3-9H2,1-2H3. The van der Waals surface area contributed by atoms with Crippen molar-refractivity contribution in [1.82, 2.24) is 5.32 Å². The van der Waals surface area contributed by atoms with E-state index in [4.69, 9.17) is 9.84 Å². The van der Waals surface area contributed by atoms with Gasteiger partial charge in [0.2, 0.25) is 0 Å². The summed E-state index contributed by atoms with van der Waals surface area (Å²) < 4.78 is 5.77. The van der Waals surface area contributed by atoms with Gasteiger partial charge >= 0.3 is 0 Å². The van der Waals surface area contributed by atoms with Crippen LogP contribution in [0.2, 0.25) is 0 Å². The molecule has 0 spiro atoms. The first-order chi connectivity index (χ1) is 8.17. The minimum atomic E-state index is 0.373. The summed E-state index contributed by atoms with van der Waals surface area (Å²) in [6.45, 7) is 4.72. The van der Waals surface area contributed by atoms with Gasteiger partial charge in [0.25, 0.3) is 0 Å². The first kappa shape index (κ1) is 13.3. The molecule has 2 fully saturated rings. The fourth-order valence-corrected chi connectivity index (χ4v) is 3.39. The zero-order chi connectivity index (χ0) is 12.3. The highest BCUT2D eigenvalue weighted by molar-refractivity contribution is 4.84. The Bertz CT molecular complexity index is 216. The van der Waals surface area contributed by atoms with E-state index in [9.17, 15) is 0 Å². The summed E-state index contributed by atoms with van der Waals surface area (Å²) in [5.41, 5.74) is 0. The molecule has 0 aromatic carbocycles. The third-order valence-corrected chi connectivity index (χ3v) is 4.27. The molecule has 0 aromatic rings. The molecule has 0 bridgehead atoms. The zero-order valence-corrected chi connectivity index (χ0v) is 11.2. The second-order valence-corrected chi connectivity index (χ2v) is 5.99. The van der Waals surface area contributed by atoms with Gasteiger partial charge < -0.3 is 15.2 Å². The van der Waals surface area contributed by atoms with Crippen molar-refractivity contribution in [3.8, 4) is 0 Å². The van der Waals surface area contributed by atoms with Crippen LogP contribution in [0, 0.1) is 5.92 Å². The minimum Gasteiger partial charge on any atom is -0.396 e. The Morgan fingerprint density at radius 1 is 1.00 bits per heavy atom. The fourth-order valence-electron chi connectivity index (χ4n) is 3.39. The topological polar surface area (TPSA) is 41.5 Å². The second-order valence-electron chi connectivity index (χ2n) is 5.99. The predicted molar refractivity (Wildman–Crippen MR) is 69.0 cm³/mol. The van der Waals surface area contributed by atoms with Crippen molar-refractivity contribution < 1.29 is 9.84 Å². The Kier molecular flexibility index (Phi) is 4.83. The van der Waals surface area contributed by atoms with E-state index in [-0.39, 0.29) is 0 Å². The van der Waals surface area contributed by atoms with Crippen molar-refractivity contribution in [3.05, 3.63) is 0 Å². The summed E-state index contributed by atoms with van der Waals surface area (Å²) in [7, 11) is 0. The molecule has 2 aliphatic rings. The first-order valence-electron chi connectivity index (χ1n) is 7.19. The van der Waals surface area contributed by atoms with E-state index >= 15 is 0 Å². The maximum absolute atomic E-state index is 9.13. The minimum absolute atomic E-state index is 0.373. The summed E-state index contributed by atoms with van der Waals surface area (Å²) in [5, 5.41) is 12.9. The molecule has 0 radical (unpaired) electrons. The summed E-state index contributed by atoms with van der Waals surface area (Å²) in [6.07, 6.45) is 7.89. The molecule has 17 heavy (non-hydrogen) atoms. The molecule has 0 amide bonds. The number of nitrogens with one attached hydrogen (secondary N) is 1. The highest BCUT2D eigenvalue weighted by Gasteiger charge is 2.28. The lowest BCUT2D eigenvalue weighted by Crippen LogP contribution is -2.46. The van der Waals surface area contributed by atoms with Crippen LogP contribution in [-0.4, -0.2) is 36.0 Å². The van der Waals surface area contributed by atoms with E-state index in [0.29, 0.717) is 36.8 Å². The molecule has 2 atom stereocenters. The third kappa shape index (κ3) is 3.94. The van der Waals surface area contributed by atoms with Crippen LogP contribution in [0.15, 0.2) is 0 Å². The maximum atomic E-state index is 9.13. The van der Waals surface area contributed by atoms with Crippen molar-refractivity contribution in [2.45, 2.75) is 76.7 Å². The molecule has 3 nitrogen and oxygen atoms in total. The molecule has 2 N–H and O–H groups in total. The second kappa shape index (κ2) is 6.17. The summed E-state index contributed by atoms with van der Waals surface area (Å²) in [4.78, 5) is 0. The Hall–Kier alpha value is -0.120. The van der Waals surface area contributed by atoms with E-state index in [2.05, 4.69) is 19.2 Å². The Morgan fingerprint density at radius 3 is 2.12 bits per heavy atom. The van der Waals surface area contributed by atoms with Gasteiger partial charge in [0, 0.05) is 18.7 Å². The van der Waals surface area contributed by atoms with Gasteiger partial charge in [-0.05, 0) is 58.3 Å². The molecule has 1 saturated heterocycles. The van der Waals surface area contributed by atoms with E-state index in [1.54, 1.807) is 0 Å². The van der Waals surface area contributed by atoms with E-state index in [0.717, 1.165) is 12.8 Å². The van der Waals surface area contributed by atoms with Crippen LogP contribution in [0.25, 0.3) is 0 Å². The summed E-state index contributed by atoms with van der Waals surface area (Å²) >= 11 is 0. The largest absolute Gasteiger partial charge is 0.396 e.